The summed E-state index contributed by atoms with van der Waals surface area (Å²) in [5, 5.41) is 6.16. The van der Waals surface area contributed by atoms with Gasteiger partial charge < -0.3 is 0 Å². The van der Waals surface area contributed by atoms with Crippen LogP contribution in [0.25, 0.3) is 0 Å². The van der Waals surface area contributed by atoms with Crippen LogP contribution in [0.15, 0.2) is 0 Å². The summed E-state index contributed by atoms with van der Waals surface area (Å²) in [6.07, 6.45) is 0.410. The van der Waals surface area contributed by atoms with Crippen molar-refractivity contribution in [2.75, 3.05) is 0 Å². The largest absolute Gasteiger partial charge is 0.293 e. The van der Waals surface area contributed by atoms with Gasteiger partial charge in [-0.15, -0.1) is 0 Å². The molecule has 0 amide bonds. The van der Waals surface area contributed by atoms with Crippen molar-refractivity contribution in [2.45, 2.75) is 12.8 Å². The van der Waals surface area contributed by atoms with Gasteiger partial charge in [0.1, 0.15) is 0 Å². The van der Waals surface area contributed by atoms with E-state index in [9.17, 15) is 4.79 Å². The topological polar surface area (TPSA) is 40.9 Å². The smallest absolute Gasteiger partial charge is 0.222 e. The van der Waals surface area contributed by atoms with Crippen LogP contribution in [0.3, 0.4) is 0 Å². The van der Waals surface area contributed by atoms with E-state index in [-0.39, 0.29) is 18.0 Å². The molecular formula is C4H5Cl2NO. The zero-order valence-electron chi connectivity index (χ0n) is 4.08. The Morgan fingerprint density at radius 2 is 1.88 bits per heavy atom. The van der Waals surface area contributed by atoms with Crippen LogP contribution in [-0.2, 0) is 4.79 Å². The predicted octanol–water partition coefficient (Wildman–Crippen LogP) is 1.75. The quantitative estimate of drug-likeness (QED) is 0.488. The number of hydrogen-bond donors (Lipinski definition) is 1. The molecule has 0 rings (SSSR count). The maximum Gasteiger partial charge on any atom is 0.222 e. The van der Waals surface area contributed by atoms with Crippen LogP contribution < -0.4 is 0 Å². The third-order valence-corrected chi connectivity index (χ3v) is 0.919. The van der Waals surface area contributed by atoms with Gasteiger partial charge in [0.25, 0.3) is 0 Å². The highest BCUT2D eigenvalue weighted by molar-refractivity contribution is 6.66. The van der Waals surface area contributed by atoms with E-state index in [1.54, 1.807) is 0 Å². The van der Waals surface area contributed by atoms with Crippen molar-refractivity contribution in [1.29, 1.82) is 5.41 Å². The van der Waals surface area contributed by atoms with E-state index < -0.39 is 5.24 Å². The summed E-state index contributed by atoms with van der Waals surface area (Å²) in [6, 6.07) is 0. The highest BCUT2D eigenvalue weighted by Crippen LogP contribution is 1.97. The second kappa shape index (κ2) is 3.87. The molecule has 0 aliphatic carbocycles. The van der Waals surface area contributed by atoms with Gasteiger partial charge in [0, 0.05) is 12.8 Å². The van der Waals surface area contributed by atoms with Crippen molar-refractivity contribution >= 4 is 33.6 Å². The van der Waals surface area contributed by atoms with Gasteiger partial charge in [-0.2, -0.15) is 0 Å². The van der Waals surface area contributed by atoms with Gasteiger partial charge in [-0.3, -0.25) is 10.2 Å². The Bertz CT molecular complexity index is 98.6. The van der Waals surface area contributed by atoms with Crippen molar-refractivity contribution in [3.05, 3.63) is 0 Å². The Labute approximate surface area is 57.3 Å². The standard InChI is InChI=1S/C4H5Cl2NO/c5-3(7)1-2-4(6)8/h7H,1-2H2. The van der Waals surface area contributed by atoms with Crippen LogP contribution in [-0.4, -0.2) is 10.4 Å². The lowest BCUT2D eigenvalue weighted by Crippen LogP contribution is -1.90. The molecule has 0 fully saturated rings. The molecule has 0 atom stereocenters. The molecule has 0 aliphatic rings. The van der Waals surface area contributed by atoms with Crippen LogP contribution in [0.2, 0.25) is 0 Å². The van der Waals surface area contributed by atoms with Gasteiger partial charge in [-0.05, 0) is 11.6 Å². The fourth-order valence-electron chi connectivity index (χ4n) is 0.208. The minimum atomic E-state index is -0.449. The molecule has 0 radical (unpaired) electrons. The zero-order valence-corrected chi connectivity index (χ0v) is 5.59. The fourth-order valence-corrected chi connectivity index (χ4v) is 0.397. The Kier molecular flexibility index (Phi) is 3.83. The van der Waals surface area contributed by atoms with Crippen LogP contribution in [0.1, 0.15) is 12.8 Å². The van der Waals surface area contributed by atoms with Gasteiger partial charge in [0.15, 0.2) is 0 Å². The molecular weight excluding hydrogens is 149 g/mol. The number of carbonyl (C=O) groups is 1. The van der Waals surface area contributed by atoms with E-state index in [2.05, 4.69) is 0 Å². The van der Waals surface area contributed by atoms with E-state index in [0.717, 1.165) is 0 Å². The number of halogens is 2. The number of hydrogen-bond acceptors (Lipinski definition) is 2. The number of rotatable bonds is 3. The van der Waals surface area contributed by atoms with Crippen LogP contribution in [0.4, 0.5) is 0 Å². The molecule has 8 heavy (non-hydrogen) atoms. The molecule has 0 aromatic heterocycles. The minimum absolute atomic E-state index is 0.0287. The van der Waals surface area contributed by atoms with Crippen molar-refractivity contribution < 1.29 is 4.79 Å². The summed E-state index contributed by atoms with van der Waals surface area (Å²) in [5.41, 5.74) is 0. The first-order valence-electron chi connectivity index (χ1n) is 2.04. The maximum absolute atomic E-state index is 9.96. The molecule has 2 nitrogen and oxygen atoms in total. The van der Waals surface area contributed by atoms with E-state index in [1.165, 1.54) is 0 Å². The molecule has 4 heteroatoms. The molecule has 0 aromatic rings. The lowest BCUT2D eigenvalue weighted by molar-refractivity contribution is -0.111. The third-order valence-electron chi connectivity index (χ3n) is 0.541. The Hall–Kier alpha value is -0.0800. The lowest BCUT2D eigenvalue weighted by atomic mass is 10.3. The van der Waals surface area contributed by atoms with E-state index in [1.807, 2.05) is 0 Å². The van der Waals surface area contributed by atoms with Gasteiger partial charge >= 0.3 is 0 Å². The molecule has 0 spiro atoms. The fraction of sp³-hybridized carbons (Fsp3) is 0.500. The minimum Gasteiger partial charge on any atom is -0.293 e. The first kappa shape index (κ1) is 7.92. The van der Waals surface area contributed by atoms with E-state index in [4.69, 9.17) is 28.6 Å². The first-order chi connectivity index (χ1) is 3.63. The lowest BCUT2D eigenvalue weighted by Gasteiger charge is -1.86. The summed E-state index contributed by atoms with van der Waals surface area (Å²) in [5.74, 6) is 0. The van der Waals surface area contributed by atoms with Crippen LogP contribution in [0, 0.1) is 5.41 Å². The Morgan fingerprint density at radius 1 is 1.38 bits per heavy atom. The zero-order chi connectivity index (χ0) is 6.57. The molecule has 0 heterocycles. The van der Waals surface area contributed by atoms with E-state index >= 15 is 0 Å². The highest BCUT2D eigenvalue weighted by atomic mass is 35.5. The Balaban J connectivity index is 3.18. The summed E-state index contributed by atoms with van der Waals surface area (Å²) in [6.45, 7) is 0. The SMILES string of the molecule is N=C(Cl)CCC(=O)Cl. The second-order valence-electron chi connectivity index (χ2n) is 1.26. The second-order valence-corrected chi connectivity index (χ2v) is 2.14. The molecule has 0 saturated heterocycles. The number of carbonyl (C=O) groups excluding carboxylic acids is 1. The molecule has 0 bridgehead atoms. The molecule has 0 saturated carbocycles. The van der Waals surface area contributed by atoms with Gasteiger partial charge in [-0.25, -0.2) is 0 Å². The average molecular weight is 154 g/mol. The van der Waals surface area contributed by atoms with Gasteiger partial charge in [0.05, 0.1) is 5.17 Å². The van der Waals surface area contributed by atoms with Gasteiger partial charge in [-0.1, -0.05) is 11.6 Å². The van der Waals surface area contributed by atoms with Crippen molar-refractivity contribution in [3.63, 3.8) is 0 Å². The summed E-state index contributed by atoms with van der Waals surface area (Å²) in [4.78, 5) is 9.96. The normalized spacial score (nSPS) is 8.75. The van der Waals surface area contributed by atoms with Crippen molar-refractivity contribution in [1.82, 2.24) is 0 Å². The molecule has 0 aromatic carbocycles. The van der Waals surface area contributed by atoms with Crippen molar-refractivity contribution in [3.8, 4) is 0 Å². The van der Waals surface area contributed by atoms with Crippen LogP contribution >= 0.6 is 23.2 Å². The van der Waals surface area contributed by atoms with E-state index in [0.29, 0.717) is 0 Å². The molecule has 1 N–H and O–H groups in total. The first-order valence-corrected chi connectivity index (χ1v) is 2.80. The number of nitrogens with one attached hydrogen (secondary N) is 1. The molecule has 46 valence electrons. The Morgan fingerprint density at radius 3 is 2.00 bits per heavy atom. The summed E-state index contributed by atoms with van der Waals surface area (Å²) < 4.78 is 0. The van der Waals surface area contributed by atoms with Gasteiger partial charge in [0.2, 0.25) is 5.24 Å². The average Bonchev–Trinajstić information content (AvgIpc) is 1.61. The van der Waals surface area contributed by atoms with Crippen molar-refractivity contribution in [2.24, 2.45) is 0 Å². The third kappa shape index (κ3) is 5.92. The maximum atomic E-state index is 9.96. The monoisotopic (exact) mass is 153 g/mol. The van der Waals surface area contributed by atoms with Crippen LogP contribution in [0.5, 0.6) is 0 Å². The molecule has 0 aliphatic heterocycles. The molecule has 0 unspecified atom stereocenters. The predicted molar refractivity (Wildman–Crippen MR) is 33.7 cm³/mol. The summed E-state index contributed by atoms with van der Waals surface area (Å²) in [7, 11) is 0. The summed E-state index contributed by atoms with van der Waals surface area (Å²) >= 11 is 10.0. The highest BCUT2D eigenvalue weighted by Gasteiger charge is 1.96.